The number of hydrogen-bond acceptors (Lipinski definition) is 6. The van der Waals surface area contributed by atoms with E-state index in [9.17, 15) is 4.79 Å². The lowest BCUT2D eigenvalue weighted by atomic mass is 10.1. The number of nitrogens with zero attached hydrogens (tertiary/aromatic N) is 2. The molecule has 30 heavy (non-hydrogen) atoms. The first-order valence-corrected chi connectivity index (χ1v) is 11.2. The first kappa shape index (κ1) is 20.9. The van der Waals surface area contributed by atoms with Crippen molar-refractivity contribution >= 4 is 21.4 Å². The molecule has 4 rings (SSSR count). The molecule has 1 saturated heterocycles. The number of benzene rings is 1. The Kier molecular flexibility index (Phi) is 6.13. The minimum absolute atomic E-state index is 0.0449. The van der Waals surface area contributed by atoms with Crippen molar-refractivity contribution in [3.8, 4) is 22.6 Å². The zero-order valence-corrected chi connectivity index (χ0v) is 18.8. The SMILES string of the molecule is CCC1CN(Cc2cc3c(=O)n(C)cc(-c4ccc(OC)c(OC)c4)c3s2)CCN1. The van der Waals surface area contributed by atoms with Crippen molar-refractivity contribution in [2.45, 2.75) is 25.9 Å². The largest absolute Gasteiger partial charge is 0.493 e. The lowest BCUT2D eigenvalue weighted by Gasteiger charge is -2.32. The number of methoxy groups -OCH3 is 2. The number of nitrogens with one attached hydrogen (secondary N) is 1. The molecule has 0 spiro atoms. The summed E-state index contributed by atoms with van der Waals surface area (Å²) in [6, 6.07) is 8.52. The molecule has 0 amide bonds. The van der Waals surface area contributed by atoms with Crippen molar-refractivity contribution < 1.29 is 9.47 Å². The van der Waals surface area contributed by atoms with Gasteiger partial charge in [-0.1, -0.05) is 13.0 Å². The van der Waals surface area contributed by atoms with E-state index in [-0.39, 0.29) is 5.56 Å². The molecule has 160 valence electrons. The Morgan fingerprint density at radius 1 is 1.20 bits per heavy atom. The normalized spacial score (nSPS) is 17.4. The molecular formula is C23H29N3O3S. The van der Waals surface area contributed by atoms with Gasteiger partial charge in [0.2, 0.25) is 0 Å². The average molecular weight is 428 g/mol. The number of rotatable bonds is 6. The maximum Gasteiger partial charge on any atom is 0.259 e. The summed E-state index contributed by atoms with van der Waals surface area (Å²) in [7, 11) is 5.08. The molecule has 7 heteroatoms. The lowest BCUT2D eigenvalue weighted by molar-refractivity contribution is 0.191. The van der Waals surface area contributed by atoms with Gasteiger partial charge in [0.1, 0.15) is 0 Å². The fourth-order valence-corrected chi connectivity index (χ4v) is 5.34. The number of fused-ring (bicyclic) bond motifs is 1. The van der Waals surface area contributed by atoms with E-state index in [0.29, 0.717) is 17.5 Å². The van der Waals surface area contributed by atoms with E-state index in [0.717, 1.165) is 53.8 Å². The summed E-state index contributed by atoms with van der Waals surface area (Å²) in [5.74, 6) is 1.37. The predicted molar refractivity (Wildman–Crippen MR) is 123 cm³/mol. The smallest absolute Gasteiger partial charge is 0.259 e. The van der Waals surface area contributed by atoms with Gasteiger partial charge in [0.15, 0.2) is 11.5 Å². The van der Waals surface area contributed by atoms with Crippen LogP contribution in [0.4, 0.5) is 0 Å². The summed E-state index contributed by atoms with van der Waals surface area (Å²) >= 11 is 1.72. The van der Waals surface area contributed by atoms with Gasteiger partial charge in [-0.25, -0.2) is 0 Å². The maximum atomic E-state index is 12.8. The lowest BCUT2D eigenvalue weighted by Crippen LogP contribution is -2.49. The number of thiophene rings is 1. The Balaban J connectivity index is 1.74. The zero-order chi connectivity index (χ0) is 21.3. The molecule has 1 N–H and O–H groups in total. The number of hydrogen-bond donors (Lipinski definition) is 1. The molecular weight excluding hydrogens is 398 g/mol. The Hall–Kier alpha value is -2.35. The van der Waals surface area contributed by atoms with Gasteiger partial charge in [-0.05, 0) is 30.2 Å². The van der Waals surface area contributed by atoms with Gasteiger partial charge < -0.3 is 19.4 Å². The highest BCUT2D eigenvalue weighted by Gasteiger charge is 2.20. The number of pyridine rings is 1. The summed E-state index contributed by atoms with van der Waals surface area (Å²) in [5.41, 5.74) is 2.09. The Bertz CT molecular complexity index is 1110. The van der Waals surface area contributed by atoms with Crippen molar-refractivity contribution in [3.05, 3.63) is 45.7 Å². The highest BCUT2D eigenvalue weighted by Crippen LogP contribution is 2.37. The summed E-state index contributed by atoms with van der Waals surface area (Å²) in [4.78, 5) is 16.6. The van der Waals surface area contributed by atoms with Gasteiger partial charge in [-0.2, -0.15) is 0 Å². The first-order valence-electron chi connectivity index (χ1n) is 10.3. The van der Waals surface area contributed by atoms with Crippen LogP contribution in [0.1, 0.15) is 18.2 Å². The van der Waals surface area contributed by atoms with E-state index in [1.807, 2.05) is 31.4 Å². The molecule has 3 heterocycles. The minimum Gasteiger partial charge on any atom is -0.493 e. The second kappa shape index (κ2) is 8.79. The number of piperazine rings is 1. The molecule has 2 aromatic heterocycles. The van der Waals surface area contributed by atoms with Gasteiger partial charge in [-0.15, -0.1) is 11.3 Å². The summed E-state index contributed by atoms with van der Waals surface area (Å²) < 4.78 is 13.6. The topological polar surface area (TPSA) is 55.7 Å². The van der Waals surface area contributed by atoms with Gasteiger partial charge in [0.25, 0.3) is 5.56 Å². The molecule has 0 radical (unpaired) electrons. The first-order chi connectivity index (χ1) is 14.5. The fourth-order valence-electron chi connectivity index (χ4n) is 4.12. The Morgan fingerprint density at radius 3 is 2.73 bits per heavy atom. The van der Waals surface area contributed by atoms with Crippen LogP contribution in [-0.4, -0.2) is 49.4 Å². The average Bonchev–Trinajstić information content (AvgIpc) is 3.19. The number of aromatic nitrogens is 1. The quantitative estimate of drug-likeness (QED) is 0.653. The van der Waals surface area contributed by atoms with E-state index < -0.39 is 0 Å². The van der Waals surface area contributed by atoms with Crippen LogP contribution >= 0.6 is 11.3 Å². The summed E-state index contributed by atoms with van der Waals surface area (Å²) in [6.07, 6.45) is 3.05. The zero-order valence-electron chi connectivity index (χ0n) is 18.0. The second-order valence-electron chi connectivity index (χ2n) is 7.78. The fraction of sp³-hybridized carbons (Fsp3) is 0.435. The van der Waals surface area contributed by atoms with E-state index >= 15 is 0 Å². The number of aryl methyl sites for hydroxylation is 1. The molecule has 6 nitrogen and oxygen atoms in total. The van der Waals surface area contributed by atoms with Crippen molar-refractivity contribution in [2.24, 2.45) is 7.05 Å². The van der Waals surface area contributed by atoms with Crippen LogP contribution in [0.5, 0.6) is 11.5 Å². The van der Waals surface area contributed by atoms with Crippen molar-refractivity contribution in [2.75, 3.05) is 33.9 Å². The van der Waals surface area contributed by atoms with Crippen molar-refractivity contribution in [3.63, 3.8) is 0 Å². The predicted octanol–water partition coefficient (Wildman–Crippen LogP) is 3.47. The molecule has 1 aliphatic rings. The van der Waals surface area contributed by atoms with Crippen LogP contribution in [0.15, 0.2) is 35.3 Å². The summed E-state index contributed by atoms with van der Waals surface area (Å²) in [5, 5.41) is 4.35. The van der Waals surface area contributed by atoms with Crippen LogP contribution in [-0.2, 0) is 13.6 Å². The molecule has 1 unspecified atom stereocenters. The third kappa shape index (κ3) is 3.97. The standard InChI is InChI=1S/C23H29N3O3S/c1-5-16-12-26(9-8-24-16)13-17-11-18-22(30-17)19(14-25(2)23(18)27)15-6-7-20(28-3)21(10-15)29-4/h6-7,10-11,14,16,24H,5,8-9,12-13H2,1-4H3. The van der Waals surface area contributed by atoms with Crippen LogP contribution in [0.3, 0.4) is 0 Å². The van der Waals surface area contributed by atoms with Gasteiger partial charge in [0.05, 0.1) is 19.6 Å². The molecule has 0 bridgehead atoms. The number of ether oxygens (including phenoxy) is 2. The third-order valence-electron chi connectivity index (χ3n) is 5.81. The van der Waals surface area contributed by atoms with Gasteiger partial charge >= 0.3 is 0 Å². The van der Waals surface area contributed by atoms with Crippen LogP contribution < -0.4 is 20.3 Å². The van der Waals surface area contributed by atoms with Crippen LogP contribution in [0, 0.1) is 0 Å². The maximum absolute atomic E-state index is 12.8. The third-order valence-corrected chi connectivity index (χ3v) is 6.96. The van der Waals surface area contributed by atoms with Gasteiger partial charge in [0, 0.05) is 60.6 Å². The monoisotopic (exact) mass is 427 g/mol. The highest BCUT2D eigenvalue weighted by atomic mass is 32.1. The summed E-state index contributed by atoms with van der Waals surface area (Å²) in [6.45, 7) is 6.20. The van der Waals surface area contributed by atoms with Crippen molar-refractivity contribution in [1.29, 1.82) is 0 Å². The molecule has 1 atom stereocenters. The van der Waals surface area contributed by atoms with Crippen LogP contribution in [0.2, 0.25) is 0 Å². The molecule has 0 aliphatic carbocycles. The molecule has 0 saturated carbocycles. The highest BCUT2D eigenvalue weighted by molar-refractivity contribution is 7.19. The van der Waals surface area contributed by atoms with Crippen LogP contribution in [0.25, 0.3) is 21.2 Å². The van der Waals surface area contributed by atoms with E-state index in [1.54, 1.807) is 30.1 Å². The van der Waals surface area contributed by atoms with Crippen molar-refractivity contribution in [1.82, 2.24) is 14.8 Å². The Labute approximate surface area is 181 Å². The van der Waals surface area contributed by atoms with Gasteiger partial charge in [-0.3, -0.25) is 9.69 Å². The molecule has 1 fully saturated rings. The Morgan fingerprint density at radius 2 is 2.00 bits per heavy atom. The van der Waals surface area contributed by atoms with E-state index in [1.165, 1.54) is 4.88 Å². The minimum atomic E-state index is 0.0449. The molecule has 3 aromatic rings. The van der Waals surface area contributed by atoms with E-state index in [4.69, 9.17) is 9.47 Å². The van der Waals surface area contributed by atoms with E-state index in [2.05, 4.69) is 23.2 Å². The molecule has 1 aromatic carbocycles. The molecule has 1 aliphatic heterocycles. The second-order valence-corrected chi connectivity index (χ2v) is 8.92.